The van der Waals surface area contributed by atoms with E-state index in [2.05, 4.69) is 10.3 Å². The Morgan fingerprint density at radius 1 is 1.17 bits per heavy atom. The number of hydrogen-bond donors (Lipinski definition) is 2. The van der Waals surface area contributed by atoms with Crippen LogP contribution in [0.2, 0.25) is 5.15 Å². The van der Waals surface area contributed by atoms with Gasteiger partial charge in [-0.25, -0.2) is 4.98 Å². The minimum atomic E-state index is 0.413. The van der Waals surface area contributed by atoms with Gasteiger partial charge in [-0.2, -0.15) is 0 Å². The van der Waals surface area contributed by atoms with Crippen LogP contribution in [0.5, 0.6) is 5.75 Å². The Balaban J connectivity index is 1.80. The summed E-state index contributed by atoms with van der Waals surface area (Å²) in [5, 5.41) is 3.49. The summed E-state index contributed by atoms with van der Waals surface area (Å²) in [5.74, 6) is 1.42. The molecule has 0 fully saturated rings. The minimum absolute atomic E-state index is 0.413. The van der Waals surface area contributed by atoms with Gasteiger partial charge in [-0.15, -0.1) is 0 Å². The molecule has 2 aromatic rings. The number of ether oxygens (including phenoxy) is 1. The highest BCUT2D eigenvalue weighted by Crippen LogP contribution is 2.17. The summed E-state index contributed by atoms with van der Waals surface area (Å²) >= 11 is 5.79. The van der Waals surface area contributed by atoms with E-state index in [-0.39, 0.29) is 0 Å². The molecule has 0 aliphatic carbocycles. The molecule has 0 bridgehead atoms. The first-order valence-corrected chi connectivity index (χ1v) is 5.97. The van der Waals surface area contributed by atoms with Crippen molar-refractivity contribution in [3.8, 4) is 5.75 Å². The summed E-state index contributed by atoms with van der Waals surface area (Å²) in [5.41, 5.74) is 6.33. The Morgan fingerprint density at radius 3 is 2.72 bits per heavy atom. The van der Waals surface area contributed by atoms with Crippen LogP contribution in [-0.2, 0) is 0 Å². The van der Waals surface area contributed by atoms with Crippen LogP contribution >= 0.6 is 11.6 Å². The second-order valence-corrected chi connectivity index (χ2v) is 4.05. The number of benzene rings is 1. The summed E-state index contributed by atoms with van der Waals surface area (Å²) in [6.45, 7) is 1.13. The van der Waals surface area contributed by atoms with Crippen LogP contribution in [0.4, 0.5) is 11.5 Å². The molecular weight excluding hydrogens is 250 g/mol. The highest BCUT2D eigenvalue weighted by atomic mass is 35.5. The Hall–Kier alpha value is -1.94. The van der Waals surface area contributed by atoms with E-state index in [0.29, 0.717) is 29.8 Å². The zero-order valence-electron chi connectivity index (χ0n) is 9.77. The van der Waals surface area contributed by atoms with Crippen LogP contribution in [0.25, 0.3) is 0 Å². The third kappa shape index (κ3) is 3.53. The molecule has 0 unspecified atom stereocenters. The van der Waals surface area contributed by atoms with E-state index in [1.54, 1.807) is 12.1 Å². The van der Waals surface area contributed by atoms with Crippen molar-refractivity contribution in [1.82, 2.24) is 4.98 Å². The van der Waals surface area contributed by atoms with Gasteiger partial charge in [0.1, 0.15) is 17.5 Å². The van der Waals surface area contributed by atoms with Crippen LogP contribution < -0.4 is 15.8 Å². The number of aromatic nitrogens is 1. The summed E-state index contributed by atoms with van der Waals surface area (Å²) in [6, 6.07) is 13.0. The molecule has 18 heavy (non-hydrogen) atoms. The first-order chi connectivity index (χ1) is 8.75. The average molecular weight is 264 g/mol. The standard InChI is InChI=1S/C13H14ClN3O/c14-12-7-6-11(15)13(17-12)16-8-9-18-10-4-2-1-3-5-10/h1-7H,8-9,15H2,(H,16,17). The second kappa shape index (κ2) is 6.12. The molecule has 1 heterocycles. The molecule has 0 aliphatic heterocycles. The maximum Gasteiger partial charge on any atom is 0.151 e. The van der Waals surface area contributed by atoms with Gasteiger partial charge < -0.3 is 15.8 Å². The maximum atomic E-state index is 5.79. The SMILES string of the molecule is Nc1ccc(Cl)nc1NCCOc1ccccc1. The molecule has 1 aromatic heterocycles. The van der Waals surface area contributed by atoms with Gasteiger partial charge in [0.05, 0.1) is 12.2 Å². The number of anilines is 2. The van der Waals surface area contributed by atoms with Crippen molar-refractivity contribution in [3.63, 3.8) is 0 Å². The van der Waals surface area contributed by atoms with E-state index in [1.807, 2.05) is 30.3 Å². The van der Waals surface area contributed by atoms with Gasteiger partial charge in [-0.05, 0) is 24.3 Å². The lowest BCUT2D eigenvalue weighted by Crippen LogP contribution is -2.13. The smallest absolute Gasteiger partial charge is 0.151 e. The zero-order chi connectivity index (χ0) is 12.8. The van der Waals surface area contributed by atoms with Crippen molar-refractivity contribution in [2.24, 2.45) is 0 Å². The van der Waals surface area contributed by atoms with Crippen LogP contribution in [0.15, 0.2) is 42.5 Å². The van der Waals surface area contributed by atoms with E-state index >= 15 is 0 Å². The third-order valence-electron chi connectivity index (χ3n) is 2.30. The number of rotatable bonds is 5. The lowest BCUT2D eigenvalue weighted by molar-refractivity contribution is 0.333. The number of nitrogen functional groups attached to an aromatic ring is 1. The monoisotopic (exact) mass is 263 g/mol. The largest absolute Gasteiger partial charge is 0.492 e. The predicted molar refractivity (Wildman–Crippen MR) is 74.1 cm³/mol. The van der Waals surface area contributed by atoms with Gasteiger partial charge >= 0.3 is 0 Å². The number of nitrogens with zero attached hydrogens (tertiary/aromatic N) is 1. The molecule has 0 saturated carbocycles. The van der Waals surface area contributed by atoms with Crippen molar-refractivity contribution in [1.29, 1.82) is 0 Å². The topological polar surface area (TPSA) is 60.2 Å². The molecule has 2 rings (SSSR count). The molecule has 1 aromatic carbocycles. The van der Waals surface area contributed by atoms with Crippen molar-refractivity contribution in [2.75, 3.05) is 24.2 Å². The number of para-hydroxylation sites is 1. The van der Waals surface area contributed by atoms with Crippen molar-refractivity contribution < 1.29 is 4.74 Å². The van der Waals surface area contributed by atoms with Crippen LogP contribution in [0.3, 0.4) is 0 Å². The fourth-order valence-electron chi connectivity index (χ4n) is 1.44. The van der Waals surface area contributed by atoms with Gasteiger partial charge in [0.15, 0.2) is 5.82 Å². The van der Waals surface area contributed by atoms with Gasteiger partial charge in [-0.1, -0.05) is 29.8 Å². The van der Waals surface area contributed by atoms with Gasteiger partial charge in [-0.3, -0.25) is 0 Å². The number of halogens is 1. The molecule has 0 radical (unpaired) electrons. The summed E-state index contributed by atoms with van der Waals surface area (Å²) in [7, 11) is 0. The molecule has 94 valence electrons. The molecule has 3 N–H and O–H groups in total. The quantitative estimate of drug-likeness (QED) is 0.643. The summed E-state index contributed by atoms with van der Waals surface area (Å²) in [4.78, 5) is 4.09. The number of nitrogens with one attached hydrogen (secondary N) is 1. The van der Waals surface area contributed by atoms with Gasteiger partial charge in [0, 0.05) is 0 Å². The van der Waals surface area contributed by atoms with E-state index in [0.717, 1.165) is 5.75 Å². The zero-order valence-corrected chi connectivity index (χ0v) is 10.5. The van der Waals surface area contributed by atoms with E-state index in [1.165, 1.54) is 0 Å². The van der Waals surface area contributed by atoms with E-state index in [9.17, 15) is 0 Å². The van der Waals surface area contributed by atoms with Gasteiger partial charge in [0.2, 0.25) is 0 Å². The Bertz CT molecular complexity index is 505. The summed E-state index contributed by atoms with van der Waals surface area (Å²) in [6.07, 6.45) is 0. The Kier molecular flexibility index (Phi) is 4.25. The molecule has 5 heteroatoms. The summed E-state index contributed by atoms with van der Waals surface area (Å²) < 4.78 is 5.53. The van der Waals surface area contributed by atoms with E-state index in [4.69, 9.17) is 22.1 Å². The van der Waals surface area contributed by atoms with Crippen LogP contribution in [0, 0.1) is 0 Å². The Labute approximate surface area is 111 Å². The number of nitrogens with two attached hydrogens (primary N) is 1. The van der Waals surface area contributed by atoms with Crippen molar-refractivity contribution >= 4 is 23.1 Å². The van der Waals surface area contributed by atoms with E-state index < -0.39 is 0 Å². The second-order valence-electron chi connectivity index (χ2n) is 3.66. The Morgan fingerprint density at radius 2 is 1.94 bits per heavy atom. The highest BCUT2D eigenvalue weighted by molar-refractivity contribution is 6.29. The van der Waals surface area contributed by atoms with Gasteiger partial charge in [0.25, 0.3) is 0 Å². The lowest BCUT2D eigenvalue weighted by Gasteiger charge is -2.09. The number of pyridine rings is 1. The first kappa shape index (κ1) is 12.5. The molecule has 4 nitrogen and oxygen atoms in total. The molecule has 0 atom stereocenters. The predicted octanol–water partition coefficient (Wildman–Crippen LogP) is 2.81. The fourth-order valence-corrected chi connectivity index (χ4v) is 1.59. The first-order valence-electron chi connectivity index (χ1n) is 5.59. The maximum absolute atomic E-state index is 5.79. The van der Waals surface area contributed by atoms with Crippen molar-refractivity contribution in [2.45, 2.75) is 0 Å². The third-order valence-corrected chi connectivity index (χ3v) is 2.51. The molecule has 0 aliphatic rings. The fraction of sp³-hybridized carbons (Fsp3) is 0.154. The highest BCUT2D eigenvalue weighted by Gasteiger charge is 2.01. The van der Waals surface area contributed by atoms with Crippen LogP contribution in [-0.4, -0.2) is 18.1 Å². The molecule has 0 saturated heterocycles. The minimum Gasteiger partial charge on any atom is -0.492 e. The number of hydrogen-bond acceptors (Lipinski definition) is 4. The lowest BCUT2D eigenvalue weighted by atomic mass is 10.3. The van der Waals surface area contributed by atoms with Crippen LogP contribution in [0.1, 0.15) is 0 Å². The van der Waals surface area contributed by atoms with Crippen molar-refractivity contribution in [3.05, 3.63) is 47.6 Å². The normalized spacial score (nSPS) is 10.1. The average Bonchev–Trinajstić information content (AvgIpc) is 2.40. The molecule has 0 spiro atoms. The molecule has 0 amide bonds. The molecular formula is C13H14ClN3O.